The minimum Gasteiger partial charge on any atom is -0.378 e. The standard InChI is InChI=1S/C27H42O2/c1-21-5-7-22(8-6-21)9-10-23-11-13-24(14-12-23)25-15-16-27(29-20-25)18-17-26-4-2-3-19-28-26/h11-14,21-22,25-27H,2-10,15-20H2,1H3. The molecule has 2 nitrogen and oxygen atoms in total. The van der Waals surface area contributed by atoms with Crippen molar-refractivity contribution in [2.75, 3.05) is 13.2 Å². The molecule has 1 aromatic carbocycles. The van der Waals surface area contributed by atoms with Gasteiger partial charge in [0.2, 0.25) is 0 Å². The molecule has 2 heterocycles. The molecule has 3 aliphatic rings. The summed E-state index contributed by atoms with van der Waals surface area (Å²) in [7, 11) is 0. The fourth-order valence-corrected chi connectivity index (χ4v) is 5.65. The third-order valence-corrected chi connectivity index (χ3v) is 7.88. The minimum absolute atomic E-state index is 0.453. The van der Waals surface area contributed by atoms with Crippen molar-refractivity contribution in [3.05, 3.63) is 35.4 Å². The molecule has 3 atom stereocenters. The topological polar surface area (TPSA) is 18.5 Å². The van der Waals surface area contributed by atoms with E-state index in [1.807, 2.05) is 0 Å². The van der Waals surface area contributed by atoms with E-state index in [0.29, 0.717) is 18.1 Å². The van der Waals surface area contributed by atoms with Gasteiger partial charge in [-0.15, -0.1) is 0 Å². The lowest BCUT2D eigenvalue weighted by molar-refractivity contribution is -0.0280. The van der Waals surface area contributed by atoms with Gasteiger partial charge in [-0.3, -0.25) is 0 Å². The summed E-state index contributed by atoms with van der Waals surface area (Å²) in [5.74, 6) is 2.52. The van der Waals surface area contributed by atoms with Crippen LogP contribution in [0.25, 0.3) is 0 Å². The Bertz CT molecular complexity index is 573. The molecule has 0 bridgehead atoms. The van der Waals surface area contributed by atoms with Crippen molar-refractivity contribution in [1.29, 1.82) is 0 Å². The van der Waals surface area contributed by atoms with Crippen LogP contribution in [0.5, 0.6) is 0 Å². The van der Waals surface area contributed by atoms with E-state index in [9.17, 15) is 0 Å². The third-order valence-electron chi connectivity index (χ3n) is 7.88. The fourth-order valence-electron chi connectivity index (χ4n) is 5.65. The van der Waals surface area contributed by atoms with Gasteiger partial charge in [0.05, 0.1) is 18.8 Å². The zero-order valence-electron chi connectivity index (χ0n) is 18.6. The molecule has 1 saturated carbocycles. The summed E-state index contributed by atoms with van der Waals surface area (Å²) in [6, 6.07) is 9.52. The van der Waals surface area contributed by atoms with Gasteiger partial charge >= 0.3 is 0 Å². The van der Waals surface area contributed by atoms with E-state index in [2.05, 4.69) is 31.2 Å². The Morgan fingerprint density at radius 2 is 1.52 bits per heavy atom. The van der Waals surface area contributed by atoms with Crippen LogP contribution < -0.4 is 0 Å². The van der Waals surface area contributed by atoms with Crippen molar-refractivity contribution >= 4 is 0 Å². The summed E-state index contributed by atoms with van der Waals surface area (Å²) in [6.45, 7) is 4.28. The van der Waals surface area contributed by atoms with Crippen LogP contribution in [0.1, 0.15) is 101 Å². The predicted octanol–water partition coefficient (Wildman–Crippen LogP) is 7.06. The molecule has 1 aromatic rings. The molecule has 0 spiro atoms. The largest absolute Gasteiger partial charge is 0.378 e. The highest BCUT2D eigenvalue weighted by Crippen LogP contribution is 2.33. The molecule has 162 valence electrons. The van der Waals surface area contributed by atoms with Crippen LogP contribution in [0.2, 0.25) is 0 Å². The maximum atomic E-state index is 6.25. The maximum Gasteiger partial charge on any atom is 0.0576 e. The lowest BCUT2D eigenvalue weighted by atomic mass is 9.80. The molecule has 0 radical (unpaired) electrons. The number of ether oxygens (including phenoxy) is 2. The van der Waals surface area contributed by atoms with Crippen LogP contribution in [0.15, 0.2) is 24.3 Å². The van der Waals surface area contributed by atoms with Gasteiger partial charge in [0.25, 0.3) is 0 Å². The Morgan fingerprint density at radius 1 is 0.759 bits per heavy atom. The molecule has 3 unspecified atom stereocenters. The average Bonchev–Trinajstić information content (AvgIpc) is 2.79. The molecule has 4 rings (SSSR count). The fraction of sp³-hybridized carbons (Fsp3) is 0.778. The summed E-state index contributed by atoms with van der Waals surface area (Å²) in [5.41, 5.74) is 3.00. The molecule has 2 saturated heterocycles. The number of aryl methyl sites for hydroxylation is 1. The quantitative estimate of drug-likeness (QED) is 0.489. The molecule has 0 aromatic heterocycles. The smallest absolute Gasteiger partial charge is 0.0576 e. The summed E-state index contributed by atoms with van der Waals surface area (Å²) in [4.78, 5) is 0. The second-order valence-corrected chi connectivity index (χ2v) is 10.2. The molecule has 2 aliphatic heterocycles. The van der Waals surface area contributed by atoms with Crippen LogP contribution in [0, 0.1) is 11.8 Å². The van der Waals surface area contributed by atoms with Crippen molar-refractivity contribution in [2.24, 2.45) is 11.8 Å². The Hall–Kier alpha value is -0.860. The highest BCUT2D eigenvalue weighted by molar-refractivity contribution is 5.26. The Labute approximate surface area is 178 Å². The molecule has 1 aliphatic carbocycles. The van der Waals surface area contributed by atoms with Crippen molar-refractivity contribution < 1.29 is 9.47 Å². The van der Waals surface area contributed by atoms with Gasteiger partial charge in [0, 0.05) is 12.5 Å². The van der Waals surface area contributed by atoms with Gasteiger partial charge in [0.1, 0.15) is 0 Å². The van der Waals surface area contributed by atoms with Crippen LogP contribution in [-0.4, -0.2) is 25.4 Å². The third kappa shape index (κ3) is 6.56. The molecule has 29 heavy (non-hydrogen) atoms. The van der Waals surface area contributed by atoms with Crippen molar-refractivity contribution in [1.82, 2.24) is 0 Å². The van der Waals surface area contributed by atoms with Gasteiger partial charge in [-0.1, -0.05) is 56.9 Å². The number of rotatable bonds is 7. The van der Waals surface area contributed by atoms with E-state index in [1.165, 1.54) is 94.6 Å². The molecule has 2 heteroatoms. The number of hydrogen-bond donors (Lipinski definition) is 0. The lowest BCUT2D eigenvalue weighted by Crippen LogP contribution is -2.27. The lowest BCUT2D eigenvalue weighted by Gasteiger charge is -2.31. The van der Waals surface area contributed by atoms with Crippen LogP contribution in [0.3, 0.4) is 0 Å². The van der Waals surface area contributed by atoms with Gasteiger partial charge in [-0.2, -0.15) is 0 Å². The normalized spacial score (nSPS) is 33.5. The van der Waals surface area contributed by atoms with Gasteiger partial charge in [-0.05, 0) is 80.8 Å². The van der Waals surface area contributed by atoms with E-state index < -0.39 is 0 Å². The first-order chi connectivity index (χ1) is 14.3. The Kier molecular flexibility index (Phi) is 8.08. The monoisotopic (exact) mass is 398 g/mol. The zero-order valence-corrected chi connectivity index (χ0v) is 18.6. The minimum atomic E-state index is 0.453. The zero-order chi connectivity index (χ0) is 19.9. The summed E-state index contributed by atoms with van der Waals surface area (Å²) < 4.78 is 12.1. The SMILES string of the molecule is CC1CCC(CCc2ccc(C3CCC(CCC4CCCCO4)OC3)cc2)CC1. The first-order valence-electron chi connectivity index (χ1n) is 12.6. The Balaban J connectivity index is 1.16. The van der Waals surface area contributed by atoms with Crippen molar-refractivity contribution in [3.63, 3.8) is 0 Å². The molecule has 0 N–H and O–H groups in total. The highest BCUT2D eigenvalue weighted by Gasteiger charge is 2.24. The average molecular weight is 399 g/mol. The number of benzene rings is 1. The van der Waals surface area contributed by atoms with Gasteiger partial charge in [-0.25, -0.2) is 0 Å². The van der Waals surface area contributed by atoms with E-state index in [0.717, 1.165) is 25.0 Å². The highest BCUT2D eigenvalue weighted by atomic mass is 16.5. The van der Waals surface area contributed by atoms with Crippen LogP contribution in [0.4, 0.5) is 0 Å². The van der Waals surface area contributed by atoms with Crippen molar-refractivity contribution in [2.45, 2.75) is 109 Å². The van der Waals surface area contributed by atoms with Gasteiger partial charge < -0.3 is 9.47 Å². The van der Waals surface area contributed by atoms with E-state index in [4.69, 9.17) is 9.47 Å². The van der Waals surface area contributed by atoms with Crippen LogP contribution in [-0.2, 0) is 15.9 Å². The summed E-state index contributed by atoms with van der Waals surface area (Å²) in [6.07, 6.45) is 18.1. The summed E-state index contributed by atoms with van der Waals surface area (Å²) in [5, 5.41) is 0. The first-order valence-corrected chi connectivity index (χ1v) is 12.6. The second kappa shape index (κ2) is 11.0. The molecular formula is C27H42O2. The van der Waals surface area contributed by atoms with E-state index in [-0.39, 0.29) is 0 Å². The van der Waals surface area contributed by atoms with Crippen LogP contribution >= 0.6 is 0 Å². The van der Waals surface area contributed by atoms with E-state index >= 15 is 0 Å². The molecule has 0 amide bonds. The molecule has 3 fully saturated rings. The Morgan fingerprint density at radius 3 is 2.17 bits per heavy atom. The first kappa shape index (κ1) is 21.4. The van der Waals surface area contributed by atoms with E-state index in [1.54, 1.807) is 0 Å². The number of hydrogen-bond acceptors (Lipinski definition) is 2. The maximum absolute atomic E-state index is 6.25. The predicted molar refractivity (Wildman–Crippen MR) is 120 cm³/mol. The molecular weight excluding hydrogens is 356 g/mol. The second-order valence-electron chi connectivity index (χ2n) is 10.2. The summed E-state index contributed by atoms with van der Waals surface area (Å²) >= 11 is 0. The van der Waals surface area contributed by atoms with Crippen molar-refractivity contribution in [3.8, 4) is 0 Å². The van der Waals surface area contributed by atoms with Gasteiger partial charge in [0.15, 0.2) is 0 Å².